The summed E-state index contributed by atoms with van der Waals surface area (Å²) < 4.78 is 28.2. The van der Waals surface area contributed by atoms with E-state index in [9.17, 15) is 0 Å². The van der Waals surface area contributed by atoms with E-state index >= 15 is 4.57 Å². The average molecular weight is 744 g/mol. The molecule has 0 spiro atoms. The van der Waals surface area contributed by atoms with E-state index in [1.807, 2.05) is 66.7 Å². The number of allylic oxidation sites excluding steroid dienone is 1. The summed E-state index contributed by atoms with van der Waals surface area (Å²) in [6, 6.07) is 67.5. The maximum absolute atomic E-state index is 16.8. The van der Waals surface area contributed by atoms with Crippen LogP contribution in [-0.4, -0.2) is 14.2 Å². The lowest BCUT2D eigenvalue weighted by Gasteiger charge is -2.37. The number of ether oxygens (including phenoxy) is 2. The number of para-hydroxylation sites is 2. The Morgan fingerprint density at radius 1 is 0.482 bits per heavy atom. The molecule has 10 rings (SSSR count). The smallest absolute Gasteiger partial charge is 0.172 e. The van der Waals surface area contributed by atoms with Crippen molar-refractivity contribution in [1.29, 1.82) is 0 Å². The summed E-state index contributed by atoms with van der Waals surface area (Å²) in [6.45, 7) is 0. The predicted molar refractivity (Wildman–Crippen MR) is 231 cm³/mol. The van der Waals surface area contributed by atoms with E-state index < -0.39 is 12.6 Å². The van der Waals surface area contributed by atoms with Crippen molar-refractivity contribution >= 4 is 56.5 Å². The average Bonchev–Trinajstić information content (AvgIpc) is 3.72. The van der Waals surface area contributed by atoms with Gasteiger partial charge in [-0.05, 0) is 117 Å². The fraction of sp³-hybridized carbons (Fsp3) is 0.0588. The first kappa shape index (κ1) is 33.9. The van der Waals surface area contributed by atoms with Crippen molar-refractivity contribution in [1.82, 2.24) is 0 Å². The largest absolute Gasteiger partial charge is 0.497 e. The van der Waals surface area contributed by atoms with Crippen LogP contribution in [0.5, 0.6) is 11.5 Å². The predicted octanol–water partition coefficient (Wildman–Crippen LogP) is 11.9. The molecule has 1 aliphatic carbocycles. The topological polar surface area (TPSA) is 38.8 Å². The van der Waals surface area contributed by atoms with Gasteiger partial charge in [0, 0.05) is 33.0 Å². The minimum atomic E-state index is -3.44. The van der Waals surface area contributed by atoms with Crippen LogP contribution in [-0.2, 0) is 9.98 Å². The molecular formula is C51H38NO3P. The maximum Gasteiger partial charge on any atom is 0.172 e. The van der Waals surface area contributed by atoms with Gasteiger partial charge in [0.15, 0.2) is 7.14 Å². The van der Waals surface area contributed by atoms with Gasteiger partial charge >= 0.3 is 0 Å². The van der Waals surface area contributed by atoms with Crippen LogP contribution in [0, 0.1) is 0 Å². The normalized spacial score (nSPS) is 16.2. The van der Waals surface area contributed by atoms with E-state index in [1.165, 1.54) is 0 Å². The van der Waals surface area contributed by atoms with Crippen LogP contribution in [0.2, 0.25) is 0 Å². The molecule has 0 bridgehead atoms. The van der Waals surface area contributed by atoms with E-state index in [2.05, 4.69) is 132 Å². The third kappa shape index (κ3) is 4.96. The molecule has 270 valence electrons. The Hall–Kier alpha value is -6.61. The summed E-state index contributed by atoms with van der Waals surface area (Å²) >= 11 is 0. The molecule has 56 heavy (non-hydrogen) atoms. The second kappa shape index (κ2) is 13.3. The van der Waals surface area contributed by atoms with E-state index in [-0.39, 0.29) is 0 Å². The minimum Gasteiger partial charge on any atom is -0.497 e. The number of hydrogen-bond acceptors (Lipinski definition) is 4. The zero-order valence-corrected chi connectivity index (χ0v) is 32.0. The number of nitrogens with zero attached hydrogens (tertiary/aromatic N) is 1. The van der Waals surface area contributed by atoms with Crippen molar-refractivity contribution in [2.45, 2.75) is 5.41 Å². The lowest BCUT2D eigenvalue weighted by Crippen LogP contribution is -2.30. The lowest BCUT2D eigenvalue weighted by atomic mass is 9.65. The minimum absolute atomic E-state index is 0.770. The maximum atomic E-state index is 16.8. The van der Waals surface area contributed by atoms with Gasteiger partial charge in [0.1, 0.15) is 11.5 Å². The zero-order chi connectivity index (χ0) is 37.9. The van der Waals surface area contributed by atoms with Crippen molar-refractivity contribution in [3.05, 3.63) is 222 Å². The highest BCUT2D eigenvalue weighted by molar-refractivity contribution is 7.88. The highest BCUT2D eigenvalue weighted by Crippen LogP contribution is 2.74. The van der Waals surface area contributed by atoms with Gasteiger partial charge < -0.3 is 18.9 Å². The first-order valence-electron chi connectivity index (χ1n) is 18.8. The van der Waals surface area contributed by atoms with Crippen LogP contribution in [0.4, 0.5) is 17.1 Å². The van der Waals surface area contributed by atoms with E-state index in [4.69, 9.17) is 9.47 Å². The molecule has 0 amide bonds. The van der Waals surface area contributed by atoms with Crippen LogP contribution in [0.3, 0.4) is 0 Å². The molecular weight excluding hydrogens is 706 g/mol. The van der Waals surface area contributed by atoms with E-state index in [0.29, 0.717) is 0 Å². The Bertz CT molecular complexity index is 2750. The summed E-state index contributed by atoms with van der Waals surface area (Å²) in [6.07, 6.45) is 0. The Balaban J connectivity index is 1.37. The lowest BCUT2D eigenvalue weighted by molar-refractivity contribution is 0.414. The Labute approximate surface area is 327 Å². The highest BCUT2D eigenvalue weighted by Gasteiger charge is 2.57. The van der Waals surface area contributed by atoms with Crippen molar-refractivity contribution in [2.75, 3.05) is 19.1 Å². The van der Waals surface area contributed by atoms with Gasteiger partial charge in [-0.15, -0.1) is 0 Å². The molecule has 1 heterocycles. The van der Waals surface area contributed by atoms with E-state index in [1.54, 1.807) is 14.2 Å². The van der Waals surface area contributed by atoms with Gasteiger partial charge in [-0.1, -0.05) is 121 Å². The number of hydrogen-bond donors (Lipinski definition) is 0. The third-order valence-electron chi connectivity index (χ3n) is 11.5. The standard InChI is InChI=1S/C51H38NO3P/c1-54-42-27-22-37(23-28-42)51(38-24-29-43(55-2)30-25-38)47-34-41(52(39-16-6-3-7-17-39)40-18-8-4-9-19-40)26-31-45(47)50-49(51)46-32-35-14-12-13-15-36(35)33-48(46)56(50,53)44-20-10-5-11-21-44/h3-34H,1-2H3. The second-order valence-corrected chi connectivity index (χ2v) is 17.0. The van der Waals surface area contributed by atoms with Crippen LogP contribution >= 0.6 is 7.14 Å². The first-order valence-corrected chi connectivity index (χ1v) is 20.6. The molecule has 8 aromatic rings. The fourth-order valence-corrected chi connectivity index (χ4v) is 12.4. The molecule has 1 atom stereocenters. The van der Waals surface area contributed by atoms with Gasteiger partial charge in [0.25, 0.3) is 0 Å². The summed E-state index contributed by atoms with van der Waals surface area (Å²) in [5, 5.41) is 4.78. The van der Waals surface area contributed by atoms with Crippen molar-refractivity contribution < 1.29 is 14.0 Å². The second-order valence-electron chi connectivity index (χ2n) is 14.3. The molecule has 0 aromatic heterocycles. The number of anilines is 3. The third-order valence-corrected chi connectivity index (χ3v) is 14.7. The van der Waals surface area contributed by atoms with E-state index in [0.717, 1.165) is 88.6 Å². The van der Waals surface area contributed by atoms with Crippen molar-refractivity contribution in [3.8, 4) is 11.5 Å². The van der Waals surface area contributed by atoms with Crippen LogP contribution < -0.4 is 25.0 Å². The van der Waals surface area contributed by atoms with Crippen LogP contribution in [0.25, 0.3) is 21.7 Å². The molecule has 0 fully saturated rings. The number of benzene rings is 8. The van der Waals surface area contributed by atoms with Crippen molar-refractivity contribution in [3.63, 3.8) is 0 Å². The summed E-state index contributed by atoms with van der Waals surface area (Å²) in [7, 11) is -0.0492. The molecule has 4 nitrogen and oxygen atoms in total. The Morgan fingerprint density at radius 2 is 0.982 bits per heavy atom. The molecule has 8 aromatic carbocycles. The van der Waals surface area contributed by atoms with Gasteiger partial charge in [-0.3, -0.25) is 0 Å². The monoisotopic (exact) mass is 743 g/mol. The van der Waals surface area contributed by atoms with Crippen LogP contribution in [0.1, 0.15) is 27.8 Å². The Morgan fingerprint density at radius 3 is 1.52 bits per heavy atom. The molecule has 0 saturated heterocycles. The van der Waals surface area contributed by atoms with Gasteiger partial charge in [0.05, 0.1) is 19.6 Å². The molecule has 0 saturated carbocycles. The summed E-state index contributed by atoms with van der Waals surface area (Å²) in [4.78, 5) is 2.30. The van der Waals surface area contributed by atoms with Gasteiger partial charge in [-0.25, -0.2) is 0 Å². The number of rotatable bonds is 8. The SMILES string of the molecule is COc1ccc(C2(c3ccc(OC)cc3)C3=C(c4ccc(N(c5ccccc5)c5ccccc5)cc42)P(=O)(c2ccccc2)c2cc4ccccc4cc23)cc1. The summed E-state index contributed by atoms with van der Waals surface area (Å²) in [5.74, 6) is 1.54. The number of fused-ring (bicyclic) bond motifs is 5. The molecule has 0 radical (unpaired) electrons. The molecule has 0 N–H and O–H groups in total. The molecule has 1 unspecified atom stereocenters. The summed E-state index contributed by atoms with van der Waals surface area (Å²) in [5.41, 5.74) is 8.45. The number of methoxy groups -OCH3 is 2. The Kier molecular flexibility index (Phi) is 8.06. The zero-order valence-electron chi connectivity index (χ0n) is 31.1. The molecule has 2 aliphatic rings. The fourth-order valence-electron chi connectivity index (χ4n) is 9.06. The van der Waals surface area contributed by atoms with Crippen LogP contribution in [0.15, 0.2) is 194 Å². The van der Waals surface area contributed by atoms with Gasteiger partial charge in [0.2, 0.25) is 0 Å². The van der Waals surface area contributed by atoms with Crippen molar-refractivity contribution in [2.24, 2.45) is 0 Å². The van der Waals surface area contributed by atoms with Gasteiger partial charge in [-0.2, -0.15) is 0 Å². The molecule has 1 aliphatic heterocycles. The quantitative estimate of drug-likeness (QED) is 0.145. The first-order chi connectivity index (χ1) is 27.5. The molecule has 5 heteroatoms. The highest BCUT2D eigenvalue weighted by atomic mass is 31.2.